The van der Waals surface area contributed by atoms with E-state index in [4.69, 9.17) is 10.5 Å². The molecule has 3 aliphatic rings. The molecule has 0 radical (unpaired) electrons. The summed E-state index contributed by atoms with van der Waals surface area (Å²) in [6.45, 7) is 8.94. The minimum atomic E-state index is 0.00853. The number of hydrogen-bond donors (Lipinski definition) is 4. The SMILES string of the molecule is CC.CN/C=C(\CN)c1cc(C#N)c2c(c1)N(C(=N)C1=C(NC3CCOC3)CCN(C(C)=O)C1)CC2. The van der Waals surface area contributed by atoms with Crippen LogP contribution in [0, 0.1) is 16.7 Å². The summed E-state index contributed by atoms with van der Waals surface area (Å²) in [5.74, 6) is 0.383. The molecule has 3 heterocycles. The van der Waals surface area contributed by atoms with Crippen molar-refractivity contribution in [3.63, 3.8) is 0 Å². The number of amides is 1. The van der Waals surface area contributed by atoms with E-state index >= 15 is 0 Å². The van der Waals surface area contributed by atoms with Crippen molar-refractivity contribution in [3.8, 4) is 6.07 Å². The summed E-state index contributed by atoms with van der Waals surface area (Å²) < 4.78 is 5.53. The Morgan fingerprint density at radius 3 is 2.72 bits per heavy atom. The van der Waals surface area contributed by atoms with Crippen LogP contribution in [-0.4, -0.2) is 69.1 Å². The van der Waals surface area contributed by atoms with Gasteiger partial charge in [-0.15, -0.1) is 0 Å². The molecular weight excluding hydrogens is 454 g/mol. The highest BCUT2D eigenvalue weighted by Crippen LogP contribution is 2.36. The molecule has 0 aromatic heterocycles. The van der Waals surface area contributed by atoms with Crippen LogP contribution in [0.1, 0.15) is 50.3 Å². The van der Waals surface area contributed by atoms with Crippen molar-refractivity contribution in [2.24, 2.45) is 5.73 Å². The van der Waals surface area contributed by atoms with Gasteiger partial charge in [0.2, 0.25) is 5.91 Å². The van der Waals surface area contributed by atoms with E-state index in [9.17, 15) is 15.5 Å². The molecule has 0 spiro atoms. The first-order chi connectivity index (χ1) is 17.5. The predicted molar refractivity (Wildman–Crippen MR) is 144 cm³/mol. The number of ether oxygens (including phenoxy) is 1. The van der Waals surface area contributed by atoms with Crippen LogP contribution in [0.2, 0.25) is 0 Å². The number of nitrogens with two attached hydrogens (primary N) is 1. The Morgan fingerprint density at radius 2 is 2.11 bits per heavy atom. The number of benzene rings is 1. The molecule has 1 aromatic rings. The number of carbonyl (C=O) groups excluding carboxylic acids is 1. The summed E-state index contributed by atoms with van der Waals surface area (Å²) in [5.41, 5.74) is 12.0. The van der Waals surface area contributed by atoms with Crippen molar-refractivity contribution >= 4 is 23.0 Å². The van der Waals surface area contributed by atoms with E-state index < -0.39 is 0 Å². The number of rotatable bonds is 6. The number of fused-ring (bicyclic) bond motifs is 1. The summed E-state index contributed by atoms with van der Waals surface area (Å²) in [7, 11) is 1.82. The van der Waals surface area contributed by atoms with Crippen LogP contribution in [0.3, 0.4) is 0 Å². The van der Waals surface area contributed by atoms with Gasteiger partial charge in [0.15, 0.2) is 0 Å². The molecule has 9 heteroatoms. The van der Waals surface area contributed by atoms with Crippen LogP contribution in [0.15, 0.2) is 29.6 Å². The number of nitrogens with zero attached hydrogens (tertiary/aromatic N) is 3. The molecule has 0 aliphatic carbocycles. The molecule has 9 nitrogen and oxygen atoms in total. The molecule has 1 unspecified atom stereocenters. The van der Waals surface area contributed by atoms with Gasteiger partial charge in [0, 0.05) is 69.8 Å². The smallest absolute Gasteiger partial charge is 0.219 e. The average Bonchev–Trinajstić information content (AvgIpc) is 3.57. The number of hydrogen-bond acceptors (Lipinski definition) is 7. The molecule has 3 aliphatic heterocycles. The first kappa shape index (κ1) is 27.2. The zero-order valence-corrected chi connectivity index (χ0v) is 21.9. The van der Waals surface area contributed by atoms with Crippen molar-refractivity contribution in [2.75, 3.05) is 51.3 Å². The van der Waals surface area contributed by atoms with Gasteiger partial charge in [0.05, 0.1) is 30.8 Å². The van der Waals surface area contributed by atoms with Crippen molar-refractivity contribution in [1.29, 1.82) is 10.7 Å². The third-order valence-corrected chi connectivity index (χ3v) is 6.79. The van der Waals surface area contributed by atoms with Gasteiger partial charge < -0.3 is 30.9 Å². The Bertz CT molecular complexity index is 1080. The first-order valence-electron chi connectivity index (χ1n) is 12.8. The fourth-order valence-corrected chi connectivity index (χ4v) is 4.92. The number of nitriles is 1. The highest BCUT2D eigenvalue weighted by atomic mass is 16.5. The van der Waals surface area contributed by atoms with Gasteiger partial charge in [-0.05, 0) is 41.7 Å². The second-order valence-corrected chi connectivity index (χ2v) is 8.90. The zero-order chi connectivity index (χ0) is 26.2. The topological polar surface area (TPSA) is 130 Å². The molecule has 194 valence electrons. The van der Waals surface area contributed by atoms with Gasteiger partial charge in [-0.2, -0.15) is 5.26 Å². The molecule has 0 saturated carbocycles. The molecule has 0 bridgehead atoms. The van der Waals surface area contributed by atoms with Crippen molar-refractivity contribution in [3.05, 3.63) is 46.3 Å². The standard InChI is InChI=1S/C25H33N7O2.C2H6/c1-16(33)31-6-4-23(30-20-5-8-34-15-20)22(14-31)25(28)32-7-3-21-18(11-26)9-17(10-24(21)32)19(12-27)13-29-2;1-2/h9-10,13,20,28-30H,3-8,12,14-15,27H2,1-2H3;1-2H3/b19-13+,28-25?;. The summed E-state index contributed by atoms with van der Waals surface area (Å²) in [5, 5.41) is 25.6. The number of anilines is 1. The predicted octanol–water partition coefficient (Wildman–Crippen LogP) is 2.33. The number of carbonyl (C=O) groups is 1. The van der Waals surface area contributed by atoms with Crippen LogP contribution >= 0.6 is 0 Å². The second-order valence-electron chi connectivity index (χ2n) is 8.90. The maximum Gasteiger partial charge on any atom is 0.219 e. The fourth-order valence-electron chi connectivity index (χ4n) is 4.92. The molecule has 1 saturated heterocycles. The van der Waals surface area contributed by atoms with E-state index in [0.29, 0.717) is 57.0 Å². The summed E-state index contributed by atoms with van der Waals surface area (Å²) in [6.07, 6.45) is 4.15. The lowest BCUT2D eigenvalue weighted by molar-refractivity contribution is -0.128. The molecule has 1 fully saturated rings. The van der Waals surface area contributed by atoms with Gasteiger partial charge in [0.25, 0.3) is 0 Å². The third-order valence-electron chi connectivity index (χ3n) is 6.79. The zero-order valence-electron chi connectivity index (χ0n) is 21.9. The first-order valence-corrected chi connectivity index (χ1v) is 12.8. The molecule has 5 N–H and O–H groups in total. The summed E-state index contributed by atoms with van der Waals surface area (Å²) >= 11 is 0. The molecule has 1 amide bonds. The maximum atomic E-state index is 12.2. The van der Waals surface area contributed by atoms with Gasteiger partial charge in [-0.1, -0.05) is 13.8 Å². The summed E-state index contributed by atoms with van der Waals surface area (Å²) in [6, 6.07) is 6.46. The molecule has 1 aromatic carbocycles. The average molecular weight is 494 g/mol. The number of nitrogens with one attached hydrogen (secondary N) is 3. The van der Waals surface area contributed by atoms with E-state index in [2.05, 4.69) is 16.7 Å². The Hall–Kier alpha value is -3.35. The quantitative estimate of drug-likeness (QED) is 0.353. The lowest BCUT2D eigenvalue weighted by Crippen LogP contribution is -2.44. The highest BCUT2D eigenvalue weighted by molar-refractivity contribution is 6.10. The van der Waals surface area contributed by atoms with E-state index in [1.165, 1.54) is 0 Å². The monoisotopic (exact) mass is 493 g/mol. The van der Waals surface area contributed by atoms with Crippen LogP contribution in [-0.2, 0) is 16.0 Å². The van der Waals surface area contributed by atoms with Crippen molar-refractivity contribution in [2.45, 2.75) is 46.1 Å². The maximum absolute atomic E-state index is 12.2. The fraction of sp³-hybridized carbons (Fsp3) is 0.519. The Labute approximate surface area is 214 Å². The van der Waals surface area contributed by atoms with Crippen molar-refractivity contribution in [1.82, 2.24) is 15.5 Å². The van der Waals surface area contributed by atoms with E-state index in [0.717, 1.165) is 46.7 Å². The Balaban J connectivity index is 0.00000176. The lowest BCUT2D eigenvalue weighted by Gasteiger charge is -2.34. The van der Waals surface area contributed by atoms with Crippen LogP contribution in [0.4, 0.5) is 5.69 Å². The second kappa shape index (κ2) is 12.6. The normalized spacial score (nSPS) is 19.3. The third kappa shape index (κ3) is 5.72. The molecular formula is C27H39N7O2. The van der Waals surface area contributed by atoms with Gasteiger partial charge in [-0.25, -0.2) is 0 Å². The van der Waals surface area contributed by atoms with E-state index in [1.54, 1.807) is 11.8 Å². The Morgan fingerprint density at radius 1 is 1.33 bits per heavy atom. The molecule has 1 atom stereocenters. The van der Waals surface area contributed by atoms with Gasteiger partial charge in [-0.3, -0.25) is 10.2 Å². The van der Waals surface area contributed by atoms with Crippen LogP contribution in [0.25, 0.3) is 5.57 Å². The summed E-state index contributed by atoms with van der Waals surface area (Å²) in [4.78, 5) is 15.9. The van der Waals surface area contributed by atoms with Crippen molar-refractivity contribution < 1.29 is 9.53 Å². The van der Waals surface area contributed by atoms with Gasteiger partial charge >= 0.3 is 0 Å². The van der Waals surface area contributed by atoms with Crippen LogP contribution < -0.4 is 21.3 Å². The minimum Gasteiger partial charge on any atom is -0.394 e. The van der Waals surface area contributed by atoms with Gasteiger partial charge in [0.1, 0.15) is 5.84 Å². The van der Waals surface area contributed by atoms with E-state index in [-0.39, 0.29) is 11.9 Å². The minimum absolute atomic E-state index is 0.00853. The molecule has 4 rings (SSSR count). The van der Waals surface area contributed by atoms with E-state index in [1.807, 2.05) is 44.1 Å². The highest BCUT2D eigenvalue weighted by Gasteiger charge is 2.32. The Kier molecular flexibility index (Phi) is 9.51. The lowest BCUT2D eigenvalue weighted by atomic mass is 9.97. The number of amidine groups is 1. The largest absolute Gasteiger partial charge is 0.394 e. The molecule has 36 heavy (non-hydrogen) atoms. The van der Waals surface area contributed by atoms with Crippen LogP contribution in [0.5, 0.6) is 0 Å².